The first-order chi connectivity index (χ1) is 10.1. The smallest absolute Gasteiger partial charge is 0.249 e. The van der Waals surface area contributed by atoms with Gasteiger partial charge in [-0.05, 0) is 32.6 Å². The van der Waals surface area contributed by atoms with Crippen molar-refractivity contribution < 1.29 is 9.59 Å². The van der Waals surface area contributed by atoms with Crippen molar-refractivity contribution in [2.24, 2.45) is 0 Å². The standard InChI is InChI=1S/C18H23NO2/c1-14(15-9-5-3-6-10-15)18(21)19(2)13-17(20)16-11-7-4-8-12-16/h4,7-8,11-12H,3,5-6,9-10,13H2,1-2H3. The third-order valence-corrected chi connectivity index (χ3v) is 4.13. The van der Waals surface area contributed by atoms with Crippen molar-refractivity contribution in [3.8, 4) is 0 Å². The molecule has 0 N–H and O–H groups in total. The van der Waals surface area contributed by atoms with Gasteiger partial charge in [-0.15, -0.1) is 0 Å². The van der Waals surface area contributed by atoms with E-state index in [0.717, 1.165) is 18.4 Å². The fourth-order valence-corrected chi connectivity index (χ4v) is 2.79. The molecule has 0 atom stereocenters. The minimum Gasteiger partial charge on any atom is -0.334 e. The lowest BCUT2D eigenvalue weighted by Crippen LogP contribution is -2.33. The third kappa shape index (κ3) is 4.03. The zero-order valence-electron chi connectivity index (χ0n) is 12.9. The predicted molar refractivity (Wildman–Crippen MR) is 84.2 cm³/mol. The Bertz CT molecular complexity index is 538. The van der Waals surface area contributed by atoms with Crippen LogP contribution in [0.5, 0.6) is 0 Å². The van der Waals surface area contributed by atoms with Crippen molar-refractivity contribution >= 4 is 11.7 Å². The van der Waals surface area contributed by atoms with Crippen LogP contribution in [0.1, 0.15) is 49.4 Å². The lowest BCUT2D eigenvalue weighted by Gasteiger charge is -2.21. The maximum Gasteiger partial charge on any atom is 0.249 e. The van der Waals surface area contributed by atoms with Gasteiger partial charge in [-0.1, -0.05) is 42.3 Å². The Morgan fingerprint density at radius 1 is 1.05 bits per heavy atom. The third-order valence-electron chi connectivity index (χ3n) is 4.13. The Labute approximate surface area is 126 Å². The number of hydrogen-bond acceptors (Lipinski definition) is 2. The van der Waals surface area contributed by atoms with Gasteiger partial charge >= 0.3 is 0 Å². The SMILES string of the molecule is CC(C(=O)N(C)CC(=O)c1ccccc1)=C1CCCCC1. The van der Waals surface area contributed by atoms with E-state index in [1.165, 1.54) is 29.7 Å². The van der Waals surface area contributed by atoms with Crippen LogP contribution in [-0.4, -0.2) is 30.2 Å². The molecule has 0 spiro atoms. The highest BCUT2D eigenvalue weighted by Crippen LogP contribution is 2.26. The molecule has 0 heterocycles. The Morgan fingerprint density at radius 3 is 2.29 bits per heavy atom. The van der Waals surface area contributed by atoms with Crippen LogP contribution in [0.2, 0.25) is 0 Å². The monoisotopic (exact) mass is 285 g/mol. The molecular formula is C18H23NO2. The van der Waals surface area contributed by atoms with Gasteiger partial charge in [0.15, 0.2) is 5.78 Å². The molecule has 0 aliphatic heterocycles. The molecule has 1 aliphatic carbocycles. The molecule has 1 aliphatic rings. The second kappa shape index (κ2) is 7.21. The second-order valence-corrected chi connectivity index (χ2v) is 5.74. The highest BCUT2D eigenvalue weighted by Gasteiger charge is 2.19. The van der Waals surface area contributed by atoms with Gasteiger partial charge in [-0.2, -0.15) is 0 Å². The molecule has 1 saturated carbocycles. The van der Waals surface area contributed by atoms with Crippen molar-refractivity contribution in [3.05, 3.63) is 47.0 Å². The summed E-state index contributed by atoms with van der Waals surface area (Å²) in [5.74, 6) is -0.0379. The molecule has 2 rings (SSSR count). The van der Waals surface area contributed by atoms with Gasteiger partial charge in [0, 0.05) is 18.2 Å². The van der Waals surface area contributed by atoms with E-state index in [2.05, 4.69) is 0 Å². The molecule has 21 heavy (non-hydrogen) atoms. The topological polar surface area (TPSA) is 37.4 Å². The van der Waals surface area contributed by atoms with Gasteiger partial charge < -0.3 is 4.90 Å². The van der Waals surface area contributed by atoms with Crippen LogP contribution < -0.4 is 0 Å². The molecule has 0 saturated heterocycles. The van der Waals surface area contributed by atoms with Crippen molar-refractivity contribution in [2.45, 2.75) is 39.0 Å². The summed E-state index contributed by atoms with van der Waals surface area (Å²) >= 11 is 0. The number of Topliss-reactive ketones (excluding diaryl/α,β-unsaturated/α-hetero) is 1. The molecule has 1 fully saturated rings. The highest BCUT2D eigenvalue weighted by molar-refractivity contribution is 6.01. The van der Waals surface area contributed by atoms with Crippen LogP contribution >= 0.6 is 0 Å². The average molecular weight is 285 g/mol. The van der Waals surface area contributed by atoms with Crippen LogP contribution in [0.25, 0.3) is 0 Å². The van der Waals surface area contributed by atoms with E-state index >= 15 is 0 Å². The summed E-state index contributed by atoms with van der Waals surface area (Å²) in [4.78, 5) is 26.1. The Balaban J connectivity index is 2.01. The summed E-state index contributed by atoms with van der Waals surface area (Å²) < 4.78 is 0. The number of carbonyl (C=O) groups excluding carboxylic acids is 2. The number of amides is 1. The van der Waals surface area contributed by atoms with E-state index < -0.39 is 0 Å². The summed E-state index contributed by atoms with van der Waals surface area (Å²) in [6.07, 6.45) is 5.66. The van der Waals surface area contributed by atoms with Crippen molar-refractivity contribution in [1.29, 1.82) is 0 Å². The Hall–Kier alpha value is -1.90. The van der Waals surface area contributed by atoms with Gasteiger partial charge in [0.05, 0.1) is 6.54 Å². The lowest BCUT2D eigenvalue weighted by molar-refractivity contribution is -0.125. The van der Waals surface area contributed by atoms with E-state index in [-0.39, 0.29) is 18.2 Å². The fourth-order valence-electron chi connectivity index (χ4n) is 2.79. The van der Waals surface area contributed by atoms with Gasteiger partial charge in [0.25, 0.3) is 0 Å². The molecule has 0 aromatic heterocycles. The number of likely N-dealkylation sites (N-methyl/N-ethyl adjacent to an activating group) is 1. The van der Waals surface area contributed by atoms with Crippen molar-refractivity contribution in [1.82, 2.24) is 4.90 Å². The Kier molecular flexibility index (Phi) is 5.32. The number of ketones is 1. The zero-order valence-corrected chi connectivity index (χ0v) is 12.9. The predicted octanol–water partition coefficient (Wildman–Crippen LogP) is 3.61. The van der Waals surface area contributed by atoms with Crippen molar-refractivity contribution in [3.63, 3.8) is 0 Å². The highest BCUT2D eigenvalue weighted by atomic mass is 16.2. The quantitative estimate of drug-likeness (QED) is 0.626. The summed E-state index contributed by atoms with van der Waals surface area (Å²) in [5.41, 5.74) is 2.75. The molecule has 3 heteroatoms. The lowest BCUT2D eigenvalue weighted by atomic mass is 9.91. The fraction of sp³-hybridized carbons (Fsp3) is 0.444. The largest absolute Gasteiger partial charge is 0.334 e. The molecule has 3 nitrogen and oxygen atoms in total. The first-order valence-corrected chi connectivity index (χ1v) is 7.62. The van der Waals surface area contributed by atoms with Crippen LogP contribution in [0.3, 0.4) is 0 Å². The number of allylic oxidation sites excluding steroid dienone is 1. The van der Waals surface area contributed by atoms with E-state index in [0.29, 0.717) is 5.56 Å². The first kappa shape index (κ1) is 15.5. The van der Waals surface area contributed by atoms with E-state index in [1.54, 1.807) is 19.2 Å². The van der Waals surface area contributed by atoms with Crippen LogP contribution in [0.15, 0.2) is 41.5 Å². The molecule has 0 bridgehead atoms. The molecule has 1 aromatic carbocycles. The van der Waals surface area contributed by atoms with Gasteiger partial charge in [0.1, 0.15) is 0 Å². The number of nitrogens with zero attached hydrogens (tertiary/aromatic N) is 1. The van der Waals surface area contributed by atoms with Gasteiger partial charge in [0.2, 0.25) is 5.91 Å². The summed E-state index contributed by atoms with van der Waals surface area (Å²) in [7, 11) is 1.70. The maximum absolute atomic E-state index is 12.4. The van der Waals surface area contributed by atoms with Crippen LogP contribution in [0.4, 0.5) is 0 Å². The summed E-state index contributed by atoms with van der Waals surface area (Å²) in [5, 5.41) is 0. The first-order valence-electron chi connectivity index (χ1n) is 7.62. The van der Waals surface area contributed by atoms with Crippen LogP contribution in [-0.2, 0) is 4.79 Å². The zero-order chi connectivity index (χ0) is 15.2. The molecule has 1 amide bonds. The molecule has 0 unspecified atom stereocenters. The molecule has 112 valence electrons. The average Bonchev–Trinajstić information content (AvgIpc) is 2.55. The van der Waals surface area contributed by atoms with E-state index in [9.17, 15) is 9.59 Å². The van der Waals surface area contributed by atoms with Crippen molar-refractivity contribution in [2.75, 3.05) is 13.6 Å². The molecule has 1 aromatic rings. The number of carbonyl (C=O) groups is 2. The number of rotatable bonds is 4. The van der Waals surface area contributed by atoms with Crippen LogP contribution in [0, 0.1) is 0 Å². The minimum absolute atomic E-state index is 0.0174. The minimum atomic E-state index is -0.0205. The van der Waals surface area contributed by atoms with E-state index in [4.69, 9.17) is 0 Å². The van der Waals surface area contributed by atoms with Gasteiger partial charge in [-0.3, -0.25) is 9.59 Å². The number of benzene rings is 1. The molecular weight excluding hydrogens is 262 g/mol. The second-order valence-electron chi connectivity index (χ2n) is 5.74. The van der Waals surface area contributed by atoms with E-state index in [1.807, 2.05) is 25.1 Å². The normalized spacial score (nSPS) is 14.7. The molecule has 0 radical (unpaired) electrons. The Morgan fingerprint density at radius 2 is 1.67 bits per heavy atom. The summed E-state index contributed by atoms with van der Waals surface area (Å²) in [6.45, 7) is 2.03. The maximum atomic E-state index is 12.4. The number of hydrogen-bond donors (Lipinski definition) is 0. The summed E-state index contributed by atoms with van der Waals surface area (Å²) in [6, 6.07) is 9.12. The van der Waals surface area contributed by atoms with Gasteiger partial charge in [-0.25, -0.2) is 0 Å².